The summed E-state index contributed by atoms with van der Waals surface area (Å²) in [7, 11) is 0. The van der Waals surface area contributed by atoms with Gasteiger partial charge in [0, 0.05) is 37.6 Å². The summed E-state index contributed by atoms with van der Waals surface area (Å²) < 4.78 is 0. The molecular weight excluding hydrogens is 308 g/mol. The molecule has 1 aromatic rings. The molecule has 1 saturated heterocycles. The molecule has 138 valence electrons. The van der Waals surface area contributed by atoms with Gasteiger partial charge in [0.2, 0.25) is 0 Å². The van der Waals surface area contributed by atoms with Crippen LogP contribution in [-0.4, -0.2) is 46.6 Å². The Hall–Kier alpha value is -1.16. The number of nitrogens with zero attached hydrogens (tertiary/aromatic N) is 4. The van der Waals surface area contributed by atoms with Crippen molar-refractivity contribution in [3.63, 3.8) is 0 Å². The lowest BCUT2D eigenvalue weighted by Gasteiger charge is -2.57. The van der Waals surface area contributed by atoms with E-state index in [1.807, 2.05) is 12.4 Å². The lowest BCUT2D eigenvalue weighted by atomic mass is 9.58. The fourth-order valence-electron chi connectivity index (χ4n) is 5.43. The number of aromatic nitrogens is 2. The molecule has 0 bridgehead atoms. The zero-order valence-corrected chi connectivity index (χ0v) is 16.2. The van der Waals surface area contributed by atoms with Gasteiger partial charge < -0.3 is 4.90 Å². The lowest BCUT2D eigenvalue weighted by Crippen LogP contribution is -2.61. The Kier molecular flexibility index (Phi) is 4.74. The molecule has 4 nitrogen and oxygen atoms in total. The molecule has 1 aliphatic heterocycles. The Morgan fingerprint density at radius 1 is 1.04 bits per heavy atom. The van der Waals surface area contributed by atoms with Crippen molar-refractivity contribution in [1.82, 2.24) is 14.9 Å². The van der Waals surface area contributed by atoms with E-state index in [4.69, 9.17) is 0 Å². The normalized spacial score (nSPS) is 27.7. The molecule has 2 saturated carbocycles. The monoisotopic (exact) mass is 342 g/mol. The van der Waals surface area contributed by atoms with Crippen molar-refractivity contribution >= 4 is 5.69 Å². The van der Waals surface area contributed by atoms with E-state index in [1.165, 1.54) is 57.2 Å². The van der Waals surface area contributed by atoms with Crippen LogP contribution in [0.1, 0.15) is 77.5 Å². The SMILES string of the molecule is CC(C)c1ncc(N2CCN(C3CC4(CCCCC4)C3)C(C)C2)cn1. The van der Waals surface area contributed by atoms with Crippen molar-refractivity contribution in [3.8, 4) is 0 Å². The highest BCUT2D eigenvalue weighted by atomic mass is 15.3. The molecule has 2 heterocycles. The second kappa shape index (κ2) is 6.86. The summed E-state index contributed by atoms with van der Waals surface area (Å²) in [5.41, 5.74) is 1.92. The maximum atomic E-state index is 4.55. The van der Waals surface area contributed by atoms with E-state index in [0.717, 1.165) is 30.4 Å². The molecule has 2 aliphatic carbocycles. The standard InChI is InChI=1S/C21H34N4/c1-16(2)20-22-13-19(14-23-20)24-9-10-25(17(3)15-24)18-11-21(12-18)7-5-4-6-8-21/h13-14,16-18H,4-12,15H2,1-3H3. The smallest absolute Gasteiger partial charge is 0.130 e. The third-order valence-electron chi connectivity index (χ3n) is 6.94. The van der Waals surface area contributed by atoms with E-state index in [9.17, 15) is 0 Å². The van der Waals surface area contributed by atoms with Crippen LogP contribution in [0.25, 0.3) is 0 Å². The van der Waals surface area contributed by atoms with Crippen LogP contribution in [0.5, 0.6) is 0 Å². The summed E-state index contributed by atoms with van der Waals surface area (Å²) in [5, 5.41) is 0. The summed E-state index contributed by atoms with van der Waals surface area (Å²) >= 11 is 0. The minimum Gasteiger partial charge on any atom is -0.366 e. The molecule has 1 aromatic heterocycles. The van der Waals surface area contributed by atoms with Gasteiger partial charge in [0.05, 0.1) is 18.1 Å². The molecule has 1 unspecified atom stereocenters. The highest BCUT2D eigenvalue weighted by molar-refractivity contribution is 5.43. The van der Waals surface area contributed by atoms with Crippen molar-refractivity contribution in [2.75, 3.05) is 24.5 Å². The first-order valence-electron chi connectivity index (χ1n) is 10.4. The molecule has 1 atom stereocenters. The largest absolute Gasteiger partial charge is 0.366 e. The van der Waals surface area contributed by atoms with Gasteiger partial charge in [-0.05, 0) is 38.0 Å². The molecule has 0 N–H and O–H groups in total. The molecule has 3 aliphatic rings. The molecule has 0 amide bonds. The van der Waals surface area contributed by atoms with Gasteiger partial charge >= 0.3 is 0 Å². The van der Waals surface area contributed by atoms with Crippen molar-refractivity contribution in [2.24, 2.45) is 5.41 Å². The predicted octanol–water partition coefficient (Wildman–Crippen LogP) is 4.22. The van der Waals surface area contributed by atoms with Gasteiger partial charge in [0.15, 0.2) is 0 Å². The molecule has 25 heavy (non-hydrogen) atoms. The van der Waals surface area contributed by atoms with Gasteiger partial charge in [-0.1, -0.05) is 33.1 Å². The zero-order valence-electron chi connectivity index (χ0n) is 16.2. The summed E-state index contributed by atoms with van der Waals surface area (Å²) in [6.45, 7) is 10.1. The van der Waals surface area contributed by atoms with Crippen LogP contribution in [-0.2, 0) is 0 Å². The summed E-state index contributed by atoms with van der Waals surface area (Å²) in [4.78, 5) is 14.4. The van der Waals surface area contributed by atoms with Crippen LogP contribution in [0.2, 0.25) is 0 Å². The minimum atomic E-state index is 0.399. The maximum Gasteiger partial charge on any atom is 0.130 e. The van der Waals surface area contributed by atoms with Crippen LogP contribution in [0.3, 0.4) is 0 Å². The second-order valence-electron chi connectivity index (χ2n) is 9.11. The van der Waals surface area contributed by atoms with Gasteiger partial charge in [-0.15, -0.1) is 0 Å². The molecule has 0 aromatic carbocycles. The average molecular weight is 343 g/mol. The van der Waals surface area contributed by atoms with Gasteiger partial charge in [-0.2, -0.15) is 0 Å². The highest BCUT2D eigenvalue weighted by Gasteiger charge is 2.47. The summed E-state index contributed by atoms with van der Waals surface area (Å²) in [6, 6.07) is 1.47. The fraction of sp³-hybridized carbons (Fsp3) is 0.810. The van der Waals surface area contributed by atoms with E-state index in [1.54, 1.807) is 0 Å². The number of hydrogen-bond donors (Lipinski definition) is 0. The van der Waals surface area contributed by atoms with E-state index >= 15 is 0 Å². The minimum absolute atomic E-state index is 0.399. The molecule has 4 heteroatoms. The number of piperazine rings is 1. The Morgan fingerprint density at radius 3 is 2.32 bits per heavy atom. The van der Waals surface area contributed by atoms with Crippen molar-refractivity contribution < 1.29 is 0 Å². The van der Waals surface area contributed by atoms with Gasteiger partial charge in [0.1, 0.15) is 5.82 Å². The average Bonchev–Trinajstić information content (AvgIpc) is 2.60. The molecule has 3 fully saturated rings. The molecule has 1 spiro atoms. The van der Waals surface area contributed by atoms with Gasteiger partial charge in [-0.3, -0.25) is 4.90 Å². The van der Waals surface area contributed by atoms with Crippen LogP contribution < -0.4 is 4.90 Å². The first-order chi connectivity index (χ1) is 12.1. The molecular formula is C21H34N4. The van der Waals surface area contributed by atoms with Gasteiger partial charge in [0.25, 0.3) is 0 Å². The van der Waals surface area contributed by atoms with Crippen LogP contribution in [0.15, 0.2) is 12.4 Å². The third kappa shape index (κ3) is 3.42. The maximum absolute atomic E-state index is 4.55. The van der Waals surface area contributed by atoms with E-state index < -0.39 is 0 Å². The molecule has 0 radical (unpaired) electrons. The highest BCUT2D eigenvalue weighted by Crippen LogP contribution is 2.53. The Bertz CT molecular complexity index is 568. The molecule has 4 rings (SSSR count). The Morgan fingerprint density at radius 2 is 1.72 bits per heavy atom. The first kappa shape index (κ1) is 17.3. The van der Waals surface area contributed by atoms with Crippen LogP contribution in [0.4, 0.5) is 5.69 Å². The lowest BCUT2D eigenvalue weighted by molar-refractivity contribution is -0.0427. The number of anilines is 1. The van der Waals surface area contributed by atoms with Crippen molar-refractivity contribution in [1.29, 1.82) is 0 Å². The first-order valence-corrected chi connectivity index (χ1v) is 10.4. The topological polar surface area (TPSA) is 32.3 Å². The summed E-state index contributed by atoms with van der Waals surface area (Å²) in [5.74, 6) is 1.35. The number of hydrogen-bond acceptors (Lipinski definition) is 4. The van der Waals surface area contributed by atoms with E-state index in [2.05, 4.69) is 40.5 Å². The van der Waals surface area contributed by atoms with Crippen molar-refractivity contribution in [3.05, 3.63) is 18.2 Å². The number of rotatable bonds is 3. The van der Waals surface area contributed by atoms with Crippen LogP contribution >= 0.6 is 0 Å². The predicted molar refractivity (Wildman–Crippen MR) is 103 cm³/mol. The fourth-order valence-corrected chi connectivity index (χ4v) is 5.43. The van der Waals surface area contributed by atoms with Gasteiger partial charge in [-0.25, -0.2) is 9.97 Å². The quantitative estimate of drug-likeness (QED) is 0.823. The van der Waals surface area contributed by atoms with Crippen LogP contribution in [0, 0.1) is 5.41 Å². The third-order valence-corrected chi connectivity index (χ3v) is 6.94. The second-order valence-corrected chi connectivity index (χ2v) is 9.11. The zero-order chi connectivity index (χ0) is 17.4. The summed E-state index contributed by atoms with van der Waals surface area (Å²) in [6.07, 6.45) is 14.4. The Labute approximate surface area is 153 Å². The van der Waals surface area contributed by atoms with Crippen molar-refractivity contribution in [2.45, 2.75) is 83.7 Å². The Balaban J connectivity index is 1.33. The van der Waals surface area contributed by atoms with E-state index in [-0.39, 0.29) is 0 Å². The van der Waals surface area contributed by atoms with E-state index in [0.29, 0.717) is 12.0 Å².